The van der Waals surface area contributed by atoms with Crippen LogP contribution in [-0.2, 0) is 0 Å². The van der Waals surface area contributed by atoms with E-state index in [2.05, 4.69) is 20.5 Å². The molecule has 2 aromatic rings. The molecule has 1 aromatic carbocycles. The van der Waals surface area contributed by atoms with Gasteiger partial charge in [0.1, 0.15) is 5.52 Å². The Balaban J connectivity index is 1.67. The summed E-state index contributed by atoms with van der Waals surface area (Å²) in [5.41, 5.74) is 1.73. The molecule has 1 saturated carbocycles. The first-order valence-corrected chi connectivity index (χ1v) is 6.37. The predicted octanol–water partition coefficient (Wildman–Crippen LogP) is 1.21. The molecule has 18 heavy (non-hydrogen) atoms. The van der Waals surface area contributed by atoms with E-state index in [0.717, 1.165) is 30.2 Å². The van der Waals surface area contributed by atoms with Gasteiger partial charge in [-0.15, -0.1) is 10.2 Å². The number of nitrogens with zero attached hydrogens (tertiary/aromatic N) is 4. The van der Waals surface area contributed by atoms with Crippen molar-refractivity contribution in [2.24, 2.45) is 0 Å². The third-order valence-electron chi connectivity index (χ3n) is 3.15. The third kappa shape index (κ3) is 2.56. The highest BCUT2D eigenvalue weighted by Crippen LogP contribution is 2.18. The first kappa shape index (κ1) is 11.3. The van der Waals surface area contributed by atoms with Crippen molar-refractivity contribution in [2.75, 3.05) is 25.0 Å². The lowest BCUT2D eigenvalue weighted by molar-refractivity contribution is 0.668. The Hall–Kier alpha value is -1.75. The van der Waals surface area contributed by atoms with Crippen molar-refractivity contribution >= 4 is 17.0 Å². The molecule has 1 N–H and O–H groups in total. The van der Waals surface area contributed by atoms with Crippen LogP contribution in [0.1, 0.15) is 12.8 Å². The summed E-state index contributed by atoms with van der Waals surface area (Å²) >= 11 is 0. The molecule has 94 valence electrons. The molecule has 1 aromatic heterocycles. The highest BCUT2D eigenvalue weighted by Gasteiger charge is 2.20. The molecular weight excluding hydrogens is 226 g/mol. The van der Waals surface area contributed by atoms with Crippen LogP contribution in [0.2, 0.25) is 0 Å². The molecule has 1 aliphatic carbocycles. The quantitative estimate of drug-likeness (QED) is 0.855. The van der Waals surface area contributed by atoms with E-state index in [1.165, 1.54) is 12.8 Å². The Morgan fingerprint density at radius 3 is 2.78 bits per heavy atom. The van der Waals surface area contributed by atoms with E-state index in [9.17, 15) is 0 Å². The molecule has 0 spiro atoms. The van der Waals surface area contributed by atoms with E-state index in [-0.39, 0.29) is 0 Å². The molecule has 0 aliphatic heterocycles. The Kier molecular flexibility index (Phi) is 3.06. The molecule has 1 fully saturated rings. The van der Waals surface area contributed by atoms with Crippen LogP contribution in [0.3, 0.4) is 0 Å². The van der Waals surface area contributed by atoms with Gasteiger partial charge in [0.05, 0.1) is 5.52 Å². The van der Waals surface area contributed by atoms with Crippen LogP contribution in [0, 0.1) is 0 Å². The van der Waals surface area contributed by atoms with Crippen molar-refractivity contribution in [1.82, 2.24) is 20.5 Å². The van der Waals surface area contributed by atoms with Crippen molar-refractivity contribution in [1.29, 1.82) is 0 Å². The van der Waals surface area contributed by atoms with E-state index in [1.54, 1.807) is 0 Å². The van der Waals surface area contributed by atoms with Crippen LogP contribution >= 0.6 is 0 Å². The third-order valence-corrected chi connectivity index (χ3v) is 3.15. The molecule has 0 radical (unpaired) electrons. The highest BCUT2D eigenvalue weighted by molar-refractivity contribution is 5.74. The van der Waals surface area contributed by atoms with Gasteiger partial charge in [0, 0.05) is 26.2 Å². The minimum atomic E-state index is 0.686. The van der Waals surface area contributed by atoms with Gasteiger partial charge in [-0.25, -0.2) is 4.98 Å². The molecule has 0 bridgehead atoms. The molecule has 1 heterocycles. The van der Waals surface area contributed by atoms with Crippen LogP contribution in [0.15, 0.2) is 24.3 Å². The highest BCUT2D eigenvalue weighted by atomic mass is 15.3. The minimum absolute atomic E-state index is 0.686. The first-order chi connectivity index (χ1) is 8.83. The lowest BCUT2D eigenvalue weighted by Crippen LogP contribution is -2.31. The lowest BCUT2D eigenvalue weighted by atomic mass is 10.3. The number of para-hydroxylation sites is 1. The average molecular weight is 243 g/mol. The maximum Gasteiger partial charge on any atom is 0.245 e. The monoisotopic (exact) mass is 243 g/mol. The van der Waals surface area contributed by atoms with Gasteiger partial charge in [0.15, 0.2) is 0 Å². The number of fused-ring (bicyclic) bond motifs is 1. The molecular formula is C13H17N5. The summed E-state index contributed by atoms with van der Waals surface area (Å²) in [6.45, 7) is 1.87. The Morgan fingerprint density at radius 2 is 2.00 bits per heavy atom. The fourth-order valence-corrected chi connectivity index (χ4v) is 1.86. The second-order valence-corrected chi connectivity index (χ2v) is 4.75. The topological polar surface area (TPSA) is 53.9 Å². The normalized spacial score (nSPS) is 14.9. The van der Waals surface area contributed by atoms with E-state index < -0.39 is 0 Å². The van der Waals surface area contributed by atoms with Gasteiger partial charge in [-0.1, -0.05) is 12.1 Å². The number of anilines is 1. The first-order valence-electron chi connectivity index (χ1n) is 6.37. The maximum atomic E-state index is 4.51. The van der Waals surface area contributed by atoms with Crippen molar-refractivity contribution in [3.8, 4) is 0 Å². The number of rotatable bonds is 5. The van der Waals surface area contributed by atoms with Crippen LogP contribution in [0.25, 0.3) is 11.0 Å². The van der Waals surface area contributed by atoms with E-state index in [1.807, 2.05) is 36.2 Å². The van der Waals surface area contributed by atoms with Crippen LogP contribution < -0.4 is 10.2 Å². The summed E-state index contributed by atoms with van der Waals surface area (Å²) < 4.78 is 0. The molecule has 5 heteroatoms. The van der Waals surface area contributed by atoms with Gasteiger partial charge in [-0.2, -0.15) is 0 Å². The molecule has 3 rings (SSSR count). The standard InChI is InChI=1S/C13H17N5/c1-18(9-8-14-10-6-7-10)13-15-11-4-2-3-5-12(11)16-17-13/h2-5,10,14H,6-9H2,1H3. The number of likely N-dealkylation sites (N-methyl/N-ethyl adjacent to an activating group) is 1. The summed E-state index contributed by atoms with van der Waals surface area (Å²) in [4.78, 5) is 6.55. The van der Waals surface area contributed by atoms with Crippen molar-refractivity contribution in [3.05, 3.63) is 24.3 Å². The number of hydrogen-bond donors (Lipinski definition) is 1. The fraction of sp³-hybridized carbons (Fsp3) is 0.462. The number of aromatic nitrogens is 3. The molecule has 5 nitrogen and oxygen atoms in total. The zero-order valence-electron chi connectivity index (χ0n) is 10.5. The van der Waals surface area contributed by atoms with E-state index in [4.69, 9.17) is 0 Å². The van der Waals surface area contributed by atoms with Crippen LogP contribution in [-0.4, -0.2) is 41.4 Å². The smallest absolute Gasteiger partial charge is 0.245 e. The number of hydrogen-bond acceptors (Lipinski definition) is 5. The van der Waals surface area contributed by atoms with Crippen molar-refractivity contribution in [2.45, 2.75) is 18.9 Å². The summed E-state index contributed by atoms with van der Waals surface area (Å²) in [5.74, 6) is 0.686. The van der Waals surface area contributed by atoms with Crippen LogP contribution in [0.5, 0.6) is 0 Å². The molecule has 0 saturated heterocycles. The zero-order chi connectivity index (χ0) is 12.4. The van der Waals surface area contributed by atoms with E-state index >= 15 is 0 Å². The van der Waals surface area contributed by atoms with Gasteiger partial charge in [0.2, 0.25) is 5.95 Å². The second-order valence-electron chi connectivity index (χ2n) is 4.75. The van der Waals surface area contributed by atoms with Gasteiger partial charge in [0.25, 0.3) is 0 Å². The molecule has 1 aliphatic rings. The minimum Gasteiger partial charge on any atom is -0.341 e. The Morgan fingerprint density at radius 1 is 1.22 bits per heavy atom. The summed E-state index contributed by atoms with van der Waals surface area (Å²) in [7, 11) is 2.00. The Bertz CT molecular complexity index is 538. The van der Waals surface area contributed by atoms with Gasteiger partial charge in [-0.05, 0) is 25.0 Å². The molecule has 0 atom stereocenters. The number of benzene rings is 1. The van der Waals surface area contributed by atoms with Gasteiger partial charge >= 0.3 is 0 Å². The molecule has 0 amide bonds. The van der Waals surface area contributed by atoms with Crippen molar-refractivity contribution in [3.63, 3.8) is 0 Å². The van der Waals surface area contributed by atoms with Gasteiger partial charge < -0.3 is 10.2 Å². The predicted molar refractivity (Wildman–Crippen MR) is 71.6 cm³/mol. The summed E-state index contributed by atoms with van der Waals surface area (Å²) in [6.07, 6.45) is 2.63. The molecule has 0 unspecified atom stereocenters. The maximum absolute atomic E-state index is 4.51. The second kappa shape index (κ2) is 4.86. The Labute approximate surface area is 106 Å². The largest absolute Gasteiger partial charge is 0.341 e. The van der Waals surface area contributed by atoms with E-state index in [0.29, 0.717) is 5.95 Å². The van der Waals surface area contributed by atoms with Crippen LogP contribution in [0.4, 0.5) is 5.95 Å². The SMILES string of the molecule is CN(CCNC1CC1)c1nnc2ccccc2n1. The summed E-state index contributed by atoms with van der Waals surface area (Å²) in [6, 6.07) is 8.54. The summed E-state index contributed by atoms with van der Waals surface area (Å²) in [5, 5.41) is 11.8. The average Bonchev–Trinajstić information content (AvgIpc) is 3.22. The van der Waals surface area contributed by atoms with Crippen molar-refractivity contribution < 1.29 is 0 Å². The van der Waals surface area contributed by atoms with Gasteiger partial charge in [-0.3, -0.25) is 0 Å². The number of nitrogens with one attached hydrogen (secondary N) is 1. The zero-order valence-corrected chi connectivity index (χ0v) is 10.5. The fourth-order valence-electron chi connectivity index (χ4n) is 1.86. The lowest BCUT2D eigenvalue weighted by Gasteiger charge is -2.16.